The average molecular weight is 485 g/mol. The van der Waals surface area contributed by atoms with Crippen LogP contribution in [-0.2, 0) is 17.8 Å². The van der Waals surface area contributed by atoms with Crippen molar-refractivity contribution in [2.45, 2.75) is 19.0 Å². The molecule has 182 valence electrons. The van der Waals surface area contributed by atoms with E-state index >= 15 is 0 Å². The SMILES string of the molecule is COc1cc(CN[C@H](Cc2c[nH]c3ccccc23)C(=O)O)ccc1Oc1nnnn1-c1ccccc1. The largest absolute Gasteiger partial charge is 0.493 e. The van der Waals surface area contributed by atoms with E-state index in [9.17, 15) is 9.90 Å². The van der Waals surface area contributed by atoms with Gasteiger partial charge >= 0.3 is 12.0 Å². The van der Waals surface area contributed by atoms with Crippen molar-refractivity contribution in [3.63, 3.8) is 0 Å². The van der Waals surface area contributed by atoms with Gasteiger partial charge in [-0.1, -0.05) is 47.6 Å². The lowest BCUT2D eigenvalue weighted by Crippen LogP contribution is -2.38. The third-order valence-electron chi connectivity index (χ3n) is 5.82. The van der Waals surface area contributed by atoms with Crippen LogP contribution in [0.2, 0.25) is 0 Å². The lowest BCUT2D eigenvalue weighted by atomic mass is 10.0. The molecule has 3 N–H and O–H groups in total. The minimum Gasteiger partial charge on any atom is -0.493 e. The fraction of sp³-hybridized carbons (Fsp3) is 0.154. The summed E-state index contributed by atoms with van der Waals surface area (Å²) in [5.74, 6) is -0.0119. The molecule has 0 bridgehead atoms. The van der Waals surface area contributed by atoms with E-state index in [1.54, 1.807) is 12.1 Å². The number of carbonyl (C=O) groups is 1. The molecule has 2 heterocycles. The van der Waals surface area contributed by atoms with Gasteiger partial charge in [0.25, 0.3) is 0 Å². The van der Waals surface area contributed by atoms with Crippen molar-refractivity contribution in [1.82, 2.24) is 30.5 Å². The summed E-state index contributed by atoms with van der Waals surface area (Å²) in [6, 6.07) is 22.0. The number of ether oxygens (including phenoxy) is 2. The highest BCUT2D eigenvalue weighted by molar-refractivity contribution is 5.84. The first kappa shape index (κ1) is 23.1. The number of fused-ring (bicyclic) bond motifs is 1. The summed E-state index contributed by atoms with van der Waals surface area (Å²) in [4.78, 5) is 15.1. The molecule has 0 spiro atoms. The number of nitrogens with zero attached hydrogens (tertiary/aromatic N) is 4. The van der Waals surface area contributed by atoms with Gasteiger partial charge in [0.15, 0.2) is 11.5 Å². The maximum Gasteiger partial charge on any atom is 0.346 e. The number of hydrogen-bond acceptors (Lipinski definition) is 7. The zero-order chi connectivity index (χ0) is 24.9. The zero-order valence-corrected chi connectivity index (χ0v) is 19.5. The van der Waals surface area contributed by atoms with Crippen molar-refractivity contribution in [2.75, 3.05) is 7.11 Å². The van der Waals surface area contributed by atoms with Crippen molar-refractivity contribution in [3.8, 4) is 23.2 Å². The minimum atomic E-state index is -0.917. The molecule has 5 rings (SSSR count). The number of carboxylic acids is 1. The Morgan fingerprint density at radius 1 is 1.08 bits per heavy atom. The fourth-order valence-corrected chi connectivity index (χ4v) is 3.99. The topological polar surface area (TPSA) is 127 Å². The highest BCUT2D eigenvalue weighted by atomic mass is 16.5. The van der Waals surface area contributed by atoms with Gasteiger partial charge in [-0.2, -0.15) is 4.68 Å². The smallest absolute Gasteiger partial charge is 0.346 e. The van der Waals surface area contributed by atoms with E-state index in [1.807, 2.05) is 66.9 Å². The van der Waals surface area contributed by atoms with Crippen molar-refractivity contribution in [1.29, 1.82) is 0 Å². The van der Waals surface area contributed by atoms with E-state index in [0.717, 1.165) is 27.7 Å². The normalized spacial score (nSPS) is 11.9. The molecule has 0 saturated heterocycles. The van der Waals surface area contributed by atoms with Crippen LogP contribution >= 0.6 is 0 Å². The molecule has 2 aromatic heterocycles. The number of aliphatic carboxylic acids is 1. The Balaban J connectivity index is 1.29. The Morgan fingerprint density at radius 2 is 1.89 bits per heavy atom. The van der Waals surface area contributed by atoms with E-state index < -0.39 is 12.0 Å². The van der Waals surface area contributed by atoms with Gasteiger partial charge in [0, 0.05) is 30.1 Å². The summed E-state index contributed by atoms with van der Waals surface area (Å²) in [5, 5.41) is 25.6. The molecule has 5 aromatic rings. The number of tetrazole rings is 1. The molecule has 10 heteroatoms. The molecule has 36 heavy (non-hydrogen) atoms. The number of aromatic amines is 1. The second-order valence-electron chi connectivity index (χ2n) is 8.13. The number of hydrogen-bond donors (Lipinski definition) is 3. The molecule has 0 aliphatic carbocycles. The maximum atomic E-state index is 11.9. The third kappa shape index (κ3) is 4.89. The molecule has 0 aliphatic rings. The van der Waals surface area contributed by atoms with Gasteiger partial charge in [-0.3, -0.25) is 4.79 Å². The van der Waals surface area contributed by atoms with E-state index in [2.05, 4.69) is 25.8 Å². The van der Waals surface area contributed by atoms with Crippen molar-refractivity contribution >= 4 is 16.9 Å². The second kappa shape index (κ2) is 10.3. The Morgan fingerprint density at radius 3 is 2.69 bits per heavy atom. The van der Waals surface area contributed by atoms with Crippen molar-refractivity contribution in [2.24, 2.45) is 0 Å². The van der Waals surface area contributed by atoms with Crippen LogP contribution in [0.1, 0.15) is 11.1 Å². The summed E-state index contributed by atoms with van der Waals surface area (Å²) in [7, 11) is 1.54. The van der Waals surface area contributed by atoms with Gasteiger partial charge < -0.3 is 24.9 Å². The quantitative estimate of drug-likeness (QED) is 0.274. The number of aromatic nitrogens is 5. The number of para-hydroxylation sites is 2. The fourth-order valence-electron chi connectivity index (χ4n) is 3.99. The van der Waals surface area contributed by atoms with Gasteiger partial charge in [-0.05, 0) is 51.9 Å². The molecule has 0 aliphatic heterocycles. The van der Waals surface area contributed by atoms with E-state index in [4.69, 9.17) is 9.47 Å². The monoisotopic (exact) mass is 484 g/mol. The molecule has 3 aromatic carbocycles. The summed E-state index contributed by atoms with van der Waals surface area (Å²) >= 11 is 0. The Bertz CT molecular complexity index is 1480. The number of rotatable bonds is 10. The van der Waals surface area contributed by atoms with Crippen LogP contribution in [0.15, 0.2) is 79.0 Å². The maximum absolute atomic E-state index is 11.9. The van der Waals surface area contributed by atoms with Crippen LogP contribution in [0.25, 0.3) is 16.6 Å². The van der Waals surface area contributed by atoms with Gasteiger partial charge in [0.1, 0.15) is 6.04 Å². The van der Waals surface area contributed by atoms with Crippen LogP contribution in [0.4, 0.5) is 0 Å². The molecular formula is C26H24N6O4. The Kier molecular flexibility index (Phi) is 6.59. The van der Waals surface area contributed by atoms with Crippen LogP contribution in [0.5, 0.6) is 17.5 Å². The van der Waals surface area contributed by atoms with Crippen molar-refractivity contribution < 1.29 is 19.4 Å². The van der Waals surface area contributed by atoms with E-state index in [0.29, 0.717) is 24.5 Å². The molecule has 0 amide bonds. The number of nitrogens with one attached hydrogen (secondary N) is 2. The molecule has 0 radical (unpaired) electrons. The van der Waals surface area contributed by atoms with Crippen LogP contribution < -0.4 is 14.8 Å². The summed E-state index contributed by atoms with van der Waals surface area (Å²) in [6.07, 6.45) is 2.21. The van der Waals surface area contributed by atoms with Crippen LogP contribution in [-0.4, -0.2) is 49.4 Å². The molecule has 10 nitrogen and oxygen atoms in total. The lowest BCUT2D eigenvalue weighted by molar-refractivity contribution is -0.139. The zero-order valence-electron chi connectivity index (χ0n) is 19.5. The highest BCUT2D eigenvalue weighted by Gasteiger charge is 2.20. The van der Waals surface area contributed by atoms with Gasteiger partial charge in [0.05, 0.1) is 12.8 Å². The van der Waals surface area contributed by atoms with Gasteiger partial charge in [-0.15, -0.1) is 0 Å². The molecule has 0 unspecified atom stereocenters. The van der Waals surface area contributed by atoms with Crippen LogP contribution in [0, 0.1) is 0 Å². The Labute approximate surface area is 206 Å². The van der Waals surface area contributed by atoms with E-state index in [-0.39, 0.29) is 6.01 Å². The average Bonchev–Trinajstić information content (AvgIpc) is 3.54. The first-order valence-corrected chi connectivity index (χ1v) is 11.3. The van der Waals surface area contributed by atoms with E-state index in [1.165, 1.54) is 11.8 Å². The summed E-state index contributed by atoms with van der Waals surface area (Å²) < 4.78 is 12.9. The summed E-state index contributed by atoms with van der Waals surface area (Å²) in [6.45, 7) is 0.331. The molecule has 0 saturated carbocycles. The number of H-pyrrole nitrogens is 1. The number of carboxylic acid groups (broad SMARTS) is 1. The first-order valence-electron chi connectivity index (χ1n) is 11.3. The highest BCUT2D eigenvalue weighted by Crippen LogP contribution is 2.32. The minimum absolute atomic E-state index is 0.190. The Hall–Kier alpha value is -4.70. The molecular weight excluding hydrogens is 460 g/mol. The van der Waals surface area contributed by atoms with Gasteiger partial charge in [0.2, 0.25) is 0 Å². The second-order valence-corrected chi connectivity index (χ2v) is 8.13. The molecule has 0 fully saturated rings. The predicted octanol–water partition coefficient (Wildman–Crippen LogP) is 3.73. The third-order valence-corrected chi connectivity index (χ3v) is 5.82. The predicted molar refractivity (Wildman–Crippen MR) is 132 cm³/mol. The van der Waals surface area contributed by atoms with Crippen LogP contribution in [0.3, 0.4) is 0 Å². The van der Waals surface area contributed by atoms with Crippen molar-refractivity contribution in [3.05, 3.63) is 90.1 Å². The lowest BCUT2D eigenvalue weighted by Gasteiger charge is -2.16. The first-order chi connectivity index (χ1) is 17.6. The van der Waals surface area contributed by atoms with Gasteiger partial charge in [-0.25, -0.2) is 0 Å². The standard InChI is InChI=1S/C26H24N6O4/c1-35-24-13-17(11-12-23(24)36-26-29-30-31-32(26)19-7-3-2-4-8-19)15-27-22(25(33)34)14-18-16-28-21-10-6-5-9-20(18)21/h2-13,16,22,27-28H,14-15H2,1H3,(H,33,34)/t22-/m1/s1. The number of methoxy groups -OCH3 is 1. The molecule has 1 atom stereocenters. The number of benzene rings is 3. The summed E-state index contributed by atoms with van der Waals surface area (Å²) in [5.41, 5.74) is 3.53.